The number of hydrogen-bond acceptors (Lipinski definition) is 4. The van der Waals surface area contributed by atoms with E-state index in [0.29, 0.717) is 5.82 Å². The smallest absolute Gasteiger partial charge is 0.191 e. The third kappa shape index (κ3) is 3.01. The lowest BCUT2D eigenvalue weighted by Crippen LogP contribution is -2.23. The Balaban J connectivity index is 2.01. The molecule has 90 valence electrons. The van der Waals surface area contributed by atoms with Crippen LogP contribution in [0, 0.1) is 0 Å². The van der Waals surface area contributed by atoms with Gasteiger partial charge in [0.15, 0.2) is 5.82 Å². The lowest BCUT2D eigenvalue weighted by atomic mass is 10.1. The monoisotopic (exact) mass is 251 g/mol. The van der Waals surface area contributed by atoms with Crippen LogP contribution in [0.4, 0.5) is 0 Å². The summed E-state index contributed by atoms with van der Waals surface area (Å²) in [6.45, 7) is 4.08. The van der Waals surface area contributed by atoms with Crippen LogP contribution in [-0.4, -0.2) is 20.6 Å². The molecule has 17 heavy (non-hydrogen) atoms. The quantitative estimate of drug-likeness (QED) is 0.875. The second-order valence-electron chi connectivity index (χ2n) is 3.93. The first-order chi connectivity index (χ1) is 8.16. The Labute approximate surface area is 105 Å². The highest BCUT2D eigenvalue weighted by molar-refractivity contribution is 6.30. The van der Waals surface area contributed by atoms with Crippen LogP contribution in [0.1, 0.15) is 37.3 Å². The molecule has 2 rings (SSSR count). The highest BCUT2D eigenvalue weighted by Gasteiger charge is 2.14. The van der Waals surface area contributed by atoms with Crippen molar-refractivity contribution < 1.29 is 0 Å². The molecule has 6 heteroatoms. The molecule has 2 unspecified atom stereocenters. The van der Waals surface area contributed by atoms with E-state index in [9.17, 15) is 0 Å². The third-order valence-electron chi connectivity index (χ3n) is 2.62. The van der Waals surface area contributed by atoms with Gasteiger partial charge in [-0.2, -0.15) is 5.21 Å². The first kappa shape index (κ1) is 12.0. The number of tetrazole rings is 1. The van der Waals surface area contributed by atoms with Crippen LogP contribution in [0.25, 0.3) is 0 Å². The molecule has 1 aromatic heterocycles. The van der Waals surface area contributed by atoms with Gasteiger partial charge in [0.1, 0.15) is 0 Å². The van der Waals surface area contributed by atoms with Crippen molar-refractivity contribution in [3.8, 4) is 0 Å². The summed E-state index contributed by atoms with van der Waals surface area (Å²) in [4.78, 5) is 0. The normalized spacial score (nSPS) is 14.5. The van der Waals surface area contributed by atoms with Crippen LogP contribution in [0.15, 0.2) is 24.3 Å². The van der Waals surface area contributed by atoms with Gasteiger partial charge in [0.2, 0.25) is 0 Å². The zero-order chi connectivity index (χ0) is 12.3. The molecule has 0 spiro atoms. The fourth-order valence-electron chi connectivity index (χ4n) is 1.65. The molecule has 2 atom stereocenters. The standard InChI is InChI=1S/C11H14ClN5/c1-7(9-3-5-10(12)6-4-9)13-8(2)11-14-16-17-15-11/h3-8,13H,1-2H3,(H,14,15,16,17). The van der Waals surface area contributed by atoms with Gasteiger partial charge in [0.25, 0.3) is 0 Å². The summed E-state index contributed by atoms with van der Waals surface area (Å²) < 4.78 is 0. The molecular formula is C11H14ClN5. The molecule has 1 heterocycles. The summed E-state index contributed by atoms with van der Waals surface area (Å²) in [5, 5.41) is 18.0. The number of aromatic amines is 1. The number of rotatable bonds is 4. The van der Waals surface area contributed by atoms with E-state index in [-0.39, 0.29) is 12.1 Å². The van der Waals surface area contributed by atoms with Crippen LogP contribution >= 0.6 is 11.6 Å². The maximum Gasteiger partial charge on any atom is 0.191 e. The minimum absolute atomic E-state index is 0.0411. The number of H-pyrrole nitrogens is 1. The lowest BCUT2D eigenvalue weighted by molar-refractivity contribution is 0.477. The highest BCUT2D eigenvalue weighted by Crippen LogP contribution is 2.18. The second-order valence-corrected chi connectivity index (χ2v) is 4.37. The van der Waals surface area contributed by atoms with Crippen molar-refractivity contribution >= 4 is 11.6 Å². The number of hydrogen-bond donors (Lipinski definition) is 2. The molecule has 0 fully saturated rings. The fourth-order valence-corrected chi connectivity index (χ4v) is 1.78. The summed E-state index contributed by atoms with van der Waals surface area (Å²) in [5.41, 5.74) is 1.17. The van der Waals surface area contributed by atoms with Crippen LogP contribution in [0.2, 0.25) is 5.02 Å². The van der Waals surface area contributed by atoms with E-state index < -0.39 is 0 Å². The van der Waals surface area contributed by atoms with Crippen molar-refractivity contribution in [2.24, 2.45) is 0 Å². The molecule has 0 aliphatic heterocycles. The van der Waals surface area contributed by atoms with Crippen molar-refractivity contribution in [1.29, 1.82) is 0 Å². The third-order valence-corrected chi connectivity index (χ3v) is 2.87. The minimum Gasteiger partial charge on any atom is -0.301 e. The van der Waals surface area contributed by atoms with E-state index >= 15 is 0 Å². The van der Waals surface area contributed by atoms with E-state index in [2.05, 4.69) is 32.9 Å². The molecule has 0 radical (unpaired) electrons. The number of halogens is 1. The predicted molar refractivity (Wildman–Crippen MR) is 65.6 cm³/mol. The summed E-state index contributed by atoms with van der Waals surface area (Å²) in [6, 6.07) is 8.01. The lowest BCUT2D eigenvalue weighted by Gasteiger charge is -2.17. The zero-order valence-corrected chi connectivity index (χ0v) is 10.4. The van der Waals surface area contributed by atoms with Crippen molar-refractivity contribution in [2.75, 3.05) is 0 Å². The van der Waals surface area contributed by atoms with Crippen molar-refractivity contribution in [3.05, 3.63) is 40.7 Å². The molecule has 0 aliphatic rings. The van der Waals surface area contributed by atoms with Gasteiger partial charge in [-0.15, -0.1) is 10.2 Å². The van der Waals surface area contributed by atoms with E-state index in [4.69, 9.17) is 11.6 Å². The van der Waals surface area contributed by atoms with Crippen molar-refractivity contribution in [1.82, 2.24) is 25.9 Å². The maximum atomic E-state index is 5.85. The van der Waals surface area contributed by atoms with E-state index in [0.717, 1.165) is 5.02 Å². The average molecular weight is 252 g/mol. The molecule has 0 amide bonds. The summed E-state index contributed by atoms with van der Waals surface area (Å²) >= 11 is 5.85. The summed E-state index contributed by atoms with van der Waals surface area (Å²) in [7, 11) is 0. The first-order valence-corrected chi connectivity index (χ1v) is 5.79. The Kier molecular flexibility index (Phi) is 3.71. The summed E-state index contributed by atoms with van der Waals surface area (Å²) in [6.07, 6.45) is 0. The molecule has 0 bridgehead atoms. The SMILES string of the molecule is CC(NC(C)c1nn[nH]n1)c1ccc(Cl)cc1. The topological polar surface area (TPSA) is 66.5 Å². The zero-order valence-electron chi connectivity index (χ0n) is 9.68. The summed E-state index contributed by atoms with van der Waals surface area (Å²) in [5.74, 6) is 0.658. The number of nitrogens with one attached hydrogen (secondary N) is 2. The Hall–Kier alpha value is -1.46. The Morgan fingerprint density at radius 3 is 2.47 bits per heavy atom. The van der Waals surface area contributed by atoms with Crippen molar-refractivity contribution in [2.45, 2.75) is 25.9 Å². The number of aromatic nitrogens is 4. The molecule has 1 aromatic carbocycles. The van der Waals surface area contributed by atoms with Gasteiger partial charge in [-0.3, -0.25) is 0 Å². The Morgan fingerprint density at radius 1 is 1.18 bits per heavy atom. The first-order valence-electron chi connectivity index (χ1n) is 5.41. The number of nitrogens with zero attached hydrogens (tertiary/aromatic N) is 3. The molecule has 0 aliphatic carbocycles. The molecule has 0 saturated heterocycles. The van der Waals surface area contributed by atoms with Gasteiger partial charge in [-0.25, -0.2) is 0 Å². The Bertz CT molecular complexity index is 453. The van der Waals surface area contributed by atoms with Gasteiger partial charge < -0.3 is 5.32 Å². The van der Waals surface area contributed by atoms with E-state index in [1.807, 2.05) is 31.2 Å². The van der Waals surface area contributed by atoms with Crippen LogP contribution in [0.5, 0.6) is 0 Å². The van der Waals surface area contributed by atoms with Gasteiger partial charge in [-0.05, 0) is 31.5 Å². The highest BCUT2D eigenvalue weighted by atomic mass is 35.5. The van der Waals surface area contributed by atoms with Gasteiger partial charge in [0.05, 0.1) is 6.04 Å². The fraction of sp³-hybridized carbons (Fsp3) is 0.364. The minimum atomic E-state index is 0.0411. The molecular weight excluding hydrogens is 238 g/mol. The van der Waals surface area contributed by atoms with Crippen LogP contribution in [-0.2, 0) is 0 Å². The van der Waals surface area contributed by atoms with Crippen LogP contribution in [0.3, 0.4) is 0 Å². The van der Waals surface area contributed by atoms with Gasteiger partial charge in [0, 0.05) is 11.1 Å². The van der Waals surface area contributed by atoms with Gasteiger partial charge in [-0.1, -0.05) is 28.9 Å². The molecule has 0 saturated carbocycles. The van der Waals surface area contributed by atoms with Crippen LogP contribution < -0.4 is 5.32 Å². The maximum absolute atomic E-state index is 5.85. The second kappa shape index (κ2) is 5.25. The van der Waals surface area contributed by atoms with Crippen molar-refractivity contribution in [3.63, 3.8) is 0 Å². The van der Waals surface area contributed by atoms with E-state index in [1.165, 1.54) is 5.56 Å². The largest absolute Gasteiger partial charge is 0.301 e. The average Bonchev–Trinajstić information content (AvgIpc) is 2.83. The number of benzene rings is 1. The molecule has 2 N–H and O–H groups in total. The molecule has 2 aromatic rings. The molecule has 5 nitrogen and oxygen atoms in total. The Morgan fingerprint density at radius 2 is 1.88 bits per heavy atom. The predicted octanol–water partition coefficient (Wildman–Crippen LogP) is 2.26. The van der Waals surface area contributed by atoms with Gasteiger partial charge >= 0.3 is 0 Å². The van der Waals surface area contributed by atoms with E-state index in [1.54, 1.807) is 0 Å².